The summed E-state index contributed by atoms with van der Waals surface area (Å²) in [5.41, 5.74) is 1.57. The van der Waals surface area contributed by atoms with Gasteiger partial charge < -0.3 is 10.2 Å². The summed E-state index contributed by atoms with van der Waals surface area (Å²) in [6.45, 7) is 1.38. The molecule has 0 aliphatic carbocycles. The van der Waals surface area contributed by atoms with Crippen LogP contribution in [0, 0.1) is 0 Å². The van der Waals surface area contributed by atoms with Gasteiger partial charge in [-0.1, -0.05) is 17.7 Å². The van der Waals surface area contributed by atoms with E-state index in [-0.39, 0.29) is 11.9 Å². The van der Waals surface area contributed by atoms with E-state index in [9.17, 15) is 4.79 Å². The lowest BCUT2D eigenvalue weighted by molar-refractivity contribution is 0.191. The van der Waals surface area contributed by atoms with E-state index in [1.165, 1.54) is 0 Å². The smallest absolute Gasteiger partial charge is 0.321 e. The molecule has 1 unspecified atom stereocenters. The molecule has 1 aliphatic rings. The van der Waals surface area contributed by atoms with Gasteiger partial charge in [-0.25, -0.2) is 4.79 Å². The third-order valence-corrected chi connectivity index (χ3v) is 4.76. The second kappa shape index (κ2) is 6.72. The van der Waals surface area contributed by atoms with E-state index in [1.54, 1.807) is 24.3 Å². The summed E-state index contributed by atoms with van der Waals surface area (Å²) in [6, 6.07) is 12.9. The number of carbonyl (C=O) groups is 1. The molecule has 1 aliphatic heterocycles. The number of nitrogens with one attached hydrogen (secondary N) is 1. The number of aromatic nitrogens is 3. The zero-order valence-electron chi connectivity index (χ0n) is 13.6. The number of benzene rings is 1. The molecule has 1 fully saturated rings. The number of hydrogen-bond donors (Lipinski definition) is 1. The summed E-state index contributed by atoms with van der Waals surface area (Å²) in [7, 11) is 0. The van der Waals surface area contributed by atoms with Crippen LogP contribution in [0.2, 0.25) is 5.02 Å². The number of carbonyl (C=O) groups excluding carboxylic acids is 1. The van der Waals surface area contributed by atoms with E-state index >= 15 is 0 Å². The topological polar surface area (TPSA) is 62.5 Å². The SMILES string of the molecule is O=C(Nc1ccc(Cl)cc1)N1CCCC(c2nnc3ccccn23)C1. The highest BCUT2D eigenvalue weighted by Crippen LogP contribution is 2.26. The van der Waals surface area contributed by atoms with Gasteiger partial charge in [-0.2, -0.15) is 0 Å². The normalized spacial score (nSPS) is 17.6. The first-order valence-corrected chi connectivity index (χ1v) is 8.69. The van der Waals surface area contributed by atoms with Gasteiger partial charge in [0.05, 0.1) is 0 Å². The van der Waals surface area contributed by atoms with Crippen molar-refractivity contribution in [2.24, 2.45) is 0 Å². The standard InChI is InChI=1S/C18H18ClN5O/c19-14-6-8-15(9-7-14)20-18(25)23-10-3-4-13(12-23)17-22-21-16-5-1-2-11-24(16)17/h1-2,5-9,11,13H,3-4,10,12H2,(H,20,25). The number of hydrogen-bond acceptors (Lipinski definition) is 3. The monoisotopic (exact) mass is 355 g/mol. The number of amides is 2. The Morgan fingerprint density at radius 2 is 2.00 bits per heavy atom. The lowest BCUT2D eigenvalue weighted by Gasteiger charge is -2.32. The first-order valence-electron chi connectivity index (χ1n) is 8.32. The molecule has 1 atom stereocenters. The van der Waals surface area contributed by atoms with Crippen LogP contribution in [0.25, 0.3) is 5.65 Å². The molecule has 0 radical (unpaired) electrons. The van der Waals surface area contributed by atoms with Gasteiger partial charge in [0.2, 0.25) is 0 Å². The van der Waals surface area contributed by atoms with Crippen LogP contribution in [-0.4, -0.2) is 38.6 Å². The fourth-order valence-corrected chi connectivity index (χ4v) is 3.37. The van der Waals surface area contributed by atoms with Crippen molar-refractivity contribution < 1.29 is 4.79 Å². The van der Waals surface area contributed by atoms with Crippen LogP contribution in [0.1, 0.15) is 24.6 Å². The summed E-state index contributed by atoms with van der Waals surface area (Å²) in [4.78, 5) is 14.4. The molecule has 6 nitrogen and oxygen atoms in total. The predicted molar refractivity (Wildman–Crippen MR) is 97.0 cm³/mol. The number of halogens is 1. The minimum absolute atomic E-state index is 0.0964. The fourth-order valence-electron chi connectivity index (χ4n) is 3.25. The molecule has 4 rings (SSSR count). The van der Waals surface area contributed by atoms with Crippen molar-refractivity contribution in [2.75, 3.05) is 18.4 Å². The van der Waals surface area contributed by atoms with Gasteiger partial charge in [-0.05, 0) is 49.2 Å². The minimum atomic E-state index is -0.0964. The van der Waals surface area contributed by atoms with Crippen LogP contribution in [0.4, 0.5) is 10.5 Å². The number of pyridine rings is 1. The Bertz CT molecular complexity index is 892. The molecular weight excluding hydrogens is 338 g/mol. The fraction of sp³-hybridized carbons (Fsp3) is 0.278. The highest BCUT2D eigenvalue weighted by molar-refractivity contribution is 6.30. The zero-order valence-corrected chi connectivity index (χ0v) is 14.4. The lowest BCUT2D eigenvalue weighted by Crippen LogP contribution is -2.42. The summed E-state index contributed by atoms with van der Waals surface area (Å²) >= 11 is 5.88. The van der Waals surface area contributed by atoms with Gasteiger partial charge in [0.15, 0.2) is 5.65 Å². The molecule has 0 saturated carbocycles. The van der Waals surface area contributed by atoms with Crippen molar-refractivity contribution in [3.63, 3.8) is 0 Å². The molecule has 0 bridgehead atoms. The van der Waals surface area contributed by atoms with Crippen molar-refractivity contribution in [1.29, 1.82) is 0 Å². The van der Waals surface area contributed by atoms with E-state index in [2.05, 4.69) is 15.5 Å². The molecule has 1 N–H and O–H groups in total. The highest BCUT2D eigenvalue weighted by Gasteiger charge is 2.27. The maximum absolute atomic E-state index is 12.6. The van der Waals surface area contributed by atoms with Gasteiger partial charge in [0.1, 0.15) is 5.82 Å². The quantitative estimate of drug-likeness (QED) is 0.760. The van der Waals surface area contributed by atoms with E-state index < -0.39 is 0 Å². The maximum atomic E-state index is 12.6. The average Bonchev–Trinajstić information content (AvgIpc) is 3.08. The first-order chi connectivity index (χ1) is 12.2. The largest absolute Gasteiger partial charge is 0.324 e. The van der Waals surface area contributed by atoms with Gasteiger partial charge in [0.25, 0.3) is 0 Å². The molecule has 0 spiro atoms. The summed E-state index contributed by atoms with van der Waals surface area (Å²) in [5, 5.41) is 12.1. The van der Waals surface area contributed by atoms with Crippen LogP contribution in [0.5, 0.6) is 0 Å². The molecule has 3 heterocycles. The highest BCUT2D eigenvalue weighted by atomic mass is 35.5. The number of nitrogens with zero attached hydrogens (tertiary/aromatic N) is 4. The van der Waals surface area contributed by atoms with Gasteiger partial charge >= 0.3 is 6.03 Å². The average molecular weight is 356 g/mol. The third kappa shape index (κ3) is 3.30. The van der Waals surface area contributed by atoms with Crippen molar-refractivity contribution in [3.8, 4) is 0 Å². The number of rotatable bonds is 2. The van der Waals surface area contributed by atoms with Gasteiger partial charge in [-0.3, -0.25) is 4.40 Å². The number of piperidine rings is 1. The van der Waals surface area contributed by atoms with Crippen LogP contribution < -0.4 is 5.32 Å². The Morgan fingerprint density at radius 1 is 1.16 bits per heavy atom. The molecule has 1 saturated heterocycles. The Labute approximate surface area is 150 Å². The molecule has 3 aromatic rings. The molecule has 1 aromatic carbocycles. The Kier molecular flexibility index (Phi) is 4.28. The Morgan fingerprint density at radius 3 is 2.84 bits per heavy atom. The van der Waals surface area contributed by atoms with Crippen LogP contribution in [0.3, 0.4) is 0 Å². The molecule has 2 amide bonds. The van der Waals surface area contributed by atoms with E-state index in [0.29, 0.717) is 11.6 Å². The molecule has 2 aromatic heterocycles. The summed E-state index contributed by atoms with van der Waals surface area (Å²) in [6.07, 6.45) is 3.91. The predicted octanol–water partition coefficient (Wildman–Crippen LogP) is 3.79. The van der Waals surface area contributed by atoms with Crippen molar-refractivity contribution in [1.82, 2.24) is 19.5 Å². The van der Waals surface area contributed by atoms with Crippen molar-refractivity contribution in [3.05, 3.63) is 59.5 Å². The second-order valence-corrected chi connectivity index (χ2v) is 6.65. The van der Waals surface area contributed by atoms with Gasteiger partial charge in [-0.15, -0.1) is 10.2 Å². The number of likely N-dealkylation sites (tertiary alicyclic amines) is 1. The van der Waals surface area contributed by atoms with E-state index in [0.717, 1.165) is 36.5 Å². The summed E-state index contributed by atoms with van der Waals surface area (Å²) < 4.78 is 2.01. The maximum Gasteiger partial charge on any atom is 0.321 e. The zero-order chi connectivity index (χ0) is 17.2. The Balaban J connectivity index is 1.49. The third-order valence-electron chi connectivity index (χ3n) is 4.51. The van der Waals surface area contributed by atoms with E-state index in [1.807, 2.05) is 33.7 Å². The molecular formula is C18H18ClN5O. The second-order valence-electron chi connectivity index (χ2n) is 6.21. The van der Waals surface area contributed by atoms with Crippen LogP contribution in [0.15, 0.2) is 48.7 Å². The van der Waals surface area contributed by atoms with E-state index in [4.69, 9.17) is 11.6 Å². The molecule has 128 valence electrons. The molecule has 25 heavy (non-hydrogen) atoms. The van der Waals surface area contributed by atoms with Crippen LogP contribution in [-0.2, 0) is 0 Å². The van der Waals surface area contributed by atoms with Gasteiger partial charge in [0, 0.05) is 35.9 Å². The lowest BCUT2D eigenvalue weighted by atomic mass is 9.97. The van der Waals surface area contributed by atoms with Crippen molar-refractivity contribution in [2.45, 2.75) is 18.8 Å². The van der Waals surface area contributed by atoms with Crippen molar-refractivity contribution >= 4 is 29.0 Å². The van der Waals surface area contributed by atoms with Crippen LogP contribution >= 0.6 is 11.6 Å². The number of fused-ring (bicyclic) bond motifs is 1. The number of anilines is 1. The molecule has 7 heteroatoms. The summed E-state index contributed by atoms with van der Waals surface area (Å²) in [5.74, 6) is 1.10. The Hall–Kier alpha value is -2.60. The minimum Gasteiger partial charge on any atom is -0.324 e. The number of urea groups is 1. The first kappa shape index (κ1) is 15.9.